The first-order valence-electron chi connectivity index (χ1n) is 7.48. The topological polar surface area (TPSA) is 102 Å². The van der Waals surface area contributed by atoms with Gasteiger partial charge < -0.3 is 15.2 Å². The van der Waals surface area contributed by atoms with Gasteiger partial charge in [0.05, 0.1) is 5.52 Å². The van der Waals surface area contributed by atoms with E-state index in [4.69, 9.17) is 4.52 Å². The summed E-state index contributed by atoms with van der Waals surface area (Å²) in [6.07, 6.45) is 1.69. The Kier molecular flexibility index (Phi) is 4.03. The molecule has 0 aliphatic heterocycles. The second-order valence-corrected chi connectivity index (χ2v) is 5.64. The Balaban J connectivity index is 1.98. The van der Waals surface area contributed by atoms with E-state index in [1.165, 1.54) is 0 Å². The highest BCUT2D eigenvalue weighted by molar-refractivity contribution is 6.08. The first kappa shape index (κ1) is 15.7. The van der Waals surface area contributed by atoms with Crippen molar-refractivity contribution in [2.24, 2.45) is 0 Å². The van der Waals surface area contributed by atoms with E-state index in [9.17, 15) is 9.59 Å². The highest BCUT2D eigenvalue weighted by Gasteiger charge is 2.22. The molecule has 0 spiro atoms. The molecule has 8 nitrogen and oxygen atoms in total. The Morgan fingerprint density at radius 3 is 2.71 bits per heavy atom. The molecule has 0 unspecified atom stereocenters. The first-order chi connectivity index (χ1) is 11.5. The zero-order valence-corrected chi connectivity index (χ0v) is 13.5. The zero-order valence-electron chi connectivity index (χ0n) is 13.5. The monoisotopic (exact) mass is 327 g/mol. The standard InChI is InChI=1S/C16H17N5O3/c1-9(2)17-16(23)14-19-13(11-6-4-5-7-21(11)14)15(22)18-12-8-10(3)24-20-12/h4-9H,1-3H3,(H,17,23)(H,18,20,22). The number of amides is 2. The maximum Gasteiger partial charge on any atom is 0.287 e. The molecule has 8 heteroatoms. The van der Waals surface area contributed by atoms with Gasteiger partial charge in [-0.05, 0) is 32.9 Å². The summed E-state index contributed by atoms with van der Waals surface area (Å²) in [5.41, 5.74) is 0.675. The number of aromatic nitrogens is 3. The summed E-state index contributed by atoms with van der Waals surface area (Å²) in [5.74, 6) is 0.221. The van der Waals surface area contributed by atoms with Crippen molar-refractivity contribution in [3.05, 3.63) is 47.7 Å². The zero-order chi connectivity index (χ0) is 17.3. The molecule has 3 rings (SSSR count). The molecule has 0 bridgehead atoms. The Bertz CT molecular complexity index is 909. The van der Waals surface area contributed by atoms with Crippen LogP contribution in [0.1, 0.15) is 40.7 Å². The molecule has 0 radical (unpaired) electrons. The summed E-state index contributed by atoms with van der Waals surface area (Å²) in [6.45, 7) is 5.44. The molecule has 24 heavy (non-hydrogen) atoms. The van der Waals surface area contributed by atoms with Crippen molar-refractivity contribution >= 4 is 23.1 Å². The number of hydrogen-bond acceptors (Lipinski definition) is 5. The molecule has 3 aromatic heterocycles. The number of imidazole rings is 1. The SMILES string of the molecule is Cc1cc(NC(=O)c2nc(C(=O)NC(C)C)n3ccccc23)no1. The van der Waals surface area contributed by atoms with E-state index in [1.54, 1.807) is 41.8 Å². The van der Waals surface area contributed by atoms with Crippen LogP contribution in [-0.4, -0.2) is 32.4 Å². The van der Waals surface area contributed by atoms with Gasteiger partial charge >= 0.3 is 0 Å². The van der Waals surface area contributed by atoms with Crippen molar-refractivity contribution in [1.29, 1.82) is 0 Å². The van der Waals surface area contributed by atoms with E-state index in [2.05, 4.69) is 20.8 Å². The van der Waals surface area contributed by atoms with Crippen LogP contribution in [-0.2, 0) is 0 Å². The van der Waals surface area contributed by atoms with Gasteiger partial charge in [0.15, 0.2) is 11.5 Å². The van der Waals surface area contributed by atoms with Gasteiger partial charge in [-0.3, -0.25) is 14.0 Å². The summed E-state index contributed by atoms with van der Waals surface area (Å²) in [6, 6.07) is 6.83. The van der Waals surface area contributed by atoms with Gasteiger partial charge in [0.25, 0.3) is 11.8 Å². The smallest absolute Gasteiger partial charge is 0.287 e. The third kappa shape index (κ3) is 2.98. The summed E-state index contributed by atoms with van der Waals surface area (Å²) < 4.78 is 6.51. The number of fused-ring (bicyclic) bond motifs is 1. The number of carbonyl (C=O) groups excluding carboxylic acids is 2. The van der Waals surface area contributed by atoms with E-state index in [-0.39, 0.29) is 23.5 Å². The minimum atomic E-state index is -0.462. The predicted molar refractivity (Wildman–Crippen MR) is 87.0 cm³/mol. The Hall–Kier alpha value is -3.16. The normalized spacial score (nSPS) is 11.0. The van der Waals surface area contributed by atoms with Crippen molar-refractivity contribution in [3.8, 4) is 0 Å². The predicted octanol–water partition coefficient (Wildman–Crippen LogP) is 2.02. The summed E-state index contributed by atoms with van der Waals surface area (Å²) in [7, 11) is 0. The van der Waals surface area contributed by atoms with Crippen molar-refractivity contribution in [2.75, 3.05) is 5.32 Å². The van der Waals surface area contributed by atoms with E-state index in [0.717, 1.165) is 0 Å². The maximum atomic E-state index is 12.5. The van der Waals surface area contributed by atoms with Crippen LogP contribution in [0.4, 0.5) is 5.82 Å². The molecule has 2 N–H and O–H groups in total. The molecule has 0 aliphatic rings. The van der Waals surface area contributed by atoms with Crippen LogP contribution in [0, 0.1) is 6.92 Å². The van der Waals surface area contributed by atoms with Crippen molar-refractivity contribution in [3.63, 3.8) is 0 Å². The quantitative estimate of drug-likeness (QED) is 0.763. The number of pyridine rings is 1. The van der Waals surface area contributed by atoms with Crippen LogP contribution in [0.15, 0.2) is 35.0 Å². The number of aryl methyl sites for hydroxylation is 1. The van der Waals surface area contributed by atoms with Crippen LogP contribution >= 0.6 is 0 Å². The Labute approximate surface area is 137 Å². The molecule has 0 aromatic carbocycles. The lowest BCUT2D eigenvalue weighted by molar-refractivity contribution is 0.0932. The number of nitrogens with zero attached hydrogens (tertiary/aromatic N) is 3. The number of rotatable bonds is 4. The van der Waals surface area contributed by atoms with Crippen molar-refractivity contribution < 1.29 is 14.1 Å². The highest BCUT2D eigenvalue weighted by atomic mass is 16.5. The molecular formula is C16H17N5O3. The number of nitrogens with one attached hydrogen (secondary N) is 2. The van der Waals surface area contributed by atoms with Crippen LogP contribution in [0.2, 0.25) is 0 Å². The van der Waals surface area contributed by atoms with Crippen molar-refractivity contribution in [2.45, 2.75) is 26.8 Å². The lowest BCUT2D eigenvalue weighted by Crippen LogP contribution is -2.31. The van der Waals surface area contributed by atoms with Gasteiger partial charge in [-0.2, -0.15) is 0 Å². The second-order valence-electron chi connectivity index (χ2n) is 5.64. The van der Waals surface area contributed by atoms with Gasteiger partial charge in [-0.25, -0.2) is 4.98 Å². The van der Waals surface area contributed by atoms with Gasteiger partial charge in [0, 0.05) is 18.3 Å². The Morgan fingerprint density at radius 1 is 1.25 bits per heavy atom. The average molecular weight is 327 g/mol. The maximum absolute atomic E-state index is 12.5. The van der Waals surface area contributed by atoms with Gasteiger partial charge in [-0.1, -0.05) is 11.2 Å². The van der Waals surface area contributed by atoms with Crippen LogP contribution < -0.4 is 10.6 Å². The van der Waals surface area contributed by atoms with Crippen molar-refractivity contribution in [1.82, 2.24) is 19.9 Å². The van der Waals surface area contributed by atoms with Crippen LogP contribution in [0.5, 0.6) is 0 Å². The molecule has 0 saturated heterocycles. The van der Waals surface area contributed by atoms with Crippen LogP contribution in [0.25, 0.3) is 5.52 Å². The lowest BCUT2D eigenvalue weighted by atomic mass is 10.3. The fourth-order valence-corrected chi connectivity index (χ4v) is 2.29. The van der Waals surface area contributed by atoms with E-state index in [0.29, 0.717) is 17.1 Å². The summed E-state index contributed by atoms with van der Waals surface area (Å²) in [4.78, 5) is 29.0. The summed E-state index contributed by atoms with van der Waals surface area (Å²) in [5, 5.41) is 9.11. The first-order valence-corrected chi connectivity index (χ1v) is 7.48. The number of anilines is 1. The number of hydrogen-bond donors (Lipinski definition) is 2. The largest absolute Gasteiger partial charge is 0.360 e. The molecule has 0 fully saturated rings. The molecule has 0 atom stereocenters. The second kappa shape index (κ2) is 6.15. The van der Waals surface area contributed by atoms with Crippen LogP contribution in [0.3, 0.4) is 0 Å². The van der Waals surface area contributed by atoms with Gasteiger partial charge in [0.1, 0.15) is 5.76 Å². The Morgan fingerprint density at radius 2 is 2.04 bits per heavy atom. The minimum absolute atomic E-state index is 0.0380. The molecule has 3 aromatic rings. The van der Waals surface area contributed by atoms with Gasteiger partial charge in [-0.15, -0.1) is 0 Å². The third-order valence-electron chi connectivity index (χ3n) is 3.26. The number of carbonyl (C=O) groups is 2. The fourth-order valence-electron chi connectivity index (χ4n) is 2.29. The van der Waals surface area contributed by atoms with E-state index < -0.39 is 5.91 Å². The molecule has 0 aliphatic carbocycles. The minimum Gasteiger partial charge on any atom is -0.360 e. The van der Waals surface area contributed by atoms with E-state index in [1.807, 2.05) is 13.8 Å². The molecule has 3 heterocycles. The van der Waals surface area contributed by atoms with E-state index >= 15 is 0 Å². The molecular weight excluding hydrogens is 310 g/mol. The third-order valence-corrected chi connectivity index (χ3v) is 3.26. The lowest BCUT2D eigenvalue weighted by Gasteiger charge is -2.06. The molecule has 0 saturated carbocycles. The summed E-state index contributed by atoms with van der Waals surface area (Å²) >= 11 is 0. The fraction of sp³-hybridized carbons (Fsp3) is 0.250. The van der Waals surface area contributed by atoms with Gasteiger partial charge in [0.2, 0.25) is 5.82 Å². The molecule has 2 amide bonds. The average Bonchev–Trinajstić information content (AvgIpc) is 3.10. The molecule has 124 valence electrons. The highest BCUT2D eigenvalue weighted by Crippen LogP contribution is 2.16.